The minimum atomic E-state index is -0.417. The summed E-state index contributed by atoms with van der Waals surface area (Å²) in [5.41, 5.74) is 3.28. The van der Waals surface area contributed by atoms with Crippen molar-refractivity contribution in [3.05, 3.63) is 27.8 Å². The zero-order chi connectivity index (χ0) is 11.1. The Morgan fingerprint density at radius 3 is 3.06 bits per heavy atom. The minimum absolute atomic E-state index is 0.417. The van der Waals surface area contributed by atoms with Gasteiger partial charge in [0.1, 0.15) is 5.75 Å². The molecule has 0 unspecified atom stereocenters. The van der Waals surface area contributed by atoms with Gasteiger partial charge in [-0.05, 0) is 30.9 Å². The van der Waals surface area contributed by atoms with Gasteiger partial charge < -0.3 is 9.84 Å². The van der Waals surface area contributed by atoms with Crippen LogP contribution >= 0.6 is 11.6 Å². The molecule has 0 spiro atoms. The summed E-state index contributed by atoms with van der Waals surface area (Å²) in [7, 11) is 0. The average Bonchev–Trinajstić information content (AvgIpc) is 2.62. The minimum Gasteiger partial charge on any atom is -0.493 e. The first-order chi connectivity index (χ1) is 7.77. The second-order valence-corrected chi connectivity index (χ2v) is 5.01. The van der Waals surface area contributed by atoms with Gasteiger partial charge in [0, 0.05) is 22.6 Å². The number of hydrogen-bond acceptors (Lipinski definition) is 2. The van der Waals surface area contributed by atoms with Gasteiger partial charge in [0.2, 0.25) is 0 Å². The lowest BCUT2D eigenvalue weighted by atomic mass is 9.96. The molecule has 3 rings (SSSR count). The second-order valence-electron chi connectivity index (χ2n) is 4.60. The van der Waals surface area contributed by atoms with Crippen molar-refractivity contribution in [3.63, 3.8) is 0 Å². The maximum atomic E-state index is 10.1. The third-order valence-electron chi connectivity index (χ3n) is 3.55. The Morgan fingerprint density at radius 1 is 1.31 bits per heavy atom. The molecule has 0 bridgehead atoms. The van der Waals surface area contributed by atoms with Crippen molar-refractivity contribution < 1.29 is 9.84 Å². The molecule has 3 heteroatoms. The smallest absolute Gasteiger partial charge is 0.126 e. The summed E-state index contributed by atoms with van der Waals surface area (Å²) in [5, 5.41) is 10.8. The van der Waals surface area contributed by atoms with Crippen LogP contribution in [0, 0.1) is 0 Å². The highest BCUT2D eigenvalue weighted by molar-refractivity contribution is 6.31. The Bertz CT molecular complexity index is 428. The van der Waals surface area contributed by atoms with E-state index < -0.39 is 6.10 Å². The van der Waals surface area contributed by atoms with Crippen LogP contribution < -0.4 is 4.74 Å². The first-order valence-electron chi connectivity index (χ1n) is 5.92. The monoisotopic (exact) mass is 238 g/mol. The summed E-state index contributed by atoms with van der Waals surface area (Å²) in [6.07, 6.45) is 4.49. The van der Waals surface area contributed by atoms with E-state index in [1.54, 1.807) is 0 Å². The first-order valence-corrected chi connectivity index (χ1v) is 6.30. The number of aliphatic hydroxyl groups is 1. The van der Waals surface area contributed by atoms with E-state index in [2.05, 4.69) is 0 Å². The van der Waals surface area contributed by atoms with Crippen LogP contribution in [0.1, 0.15) is 42.1 Å². The van der Waals surface area contributed by atoms with Crippen molar-refractivity contribution in [2.45, 2.75) is 38.2 Å². The predicted molar refractivity (Wildman–Crippen MR) is 63.2 cm³/mol. The summed E-state index contributed by atoms with van der Waals surface area (Å²) < 4.78 is 5.69. The van der Waals surface area contributed by atoms with Gasteiger partial charge in [-0.2, -0.15) is 0 Å². The Morgan fingerprint density at radius 2 is 2.19 bits per heavy atom. The summed E-state index contributed by atoms with van der Waals surface area (Å²) in [4.78, 5) is 0. The van der Waals surface area contributed by atoms with Crippen LogP contribution in [0.25, 0.3) is 0 Å². The van der Waals surface area contributed by atoms with E-state index in [1.807, 2.05) is 6.07 Å². The quantitative estimate of drug-likeness (QED) is 0.704. The molecule has 0 aromatic heterocycles. The van der Waals surface area contributed by atoms with Gasteiger partial charge in [-0.3, -0.25) is 0 Å². The number of halogens is 1. The van der Waals surface area contributed by atoms with Crippen LogP contribution in [0.5, 0.6) is 5.75 Å². The van der Waals surface area contributed by atoms with E-state index >= 15 is 0 Å². The Labute approximate surface area is 100 Å². The molecule has 1 aliphatic carbocycles. The molecule has 1 aromatic carbocycles. The number of benzene rings is 1. The molecule has 0 radical (unpaired) electrons. The highest BCUT2D eigenvalue weighted by Gasteiger charge is 2.27. The summed E-state index contributed by atoms with van der Waals surface area (Å²) in [6, 6.07) is 1.97. The molecule has 16 heavy (non-hydrogen) atoms. The highest BCUT2D eigenvalue weighted by Crippen LogP contribution is 2.42. The van der Waals surface area contributed by atoms with Crippen molar-refractivity contribution in [3.8, 4) is 5.75 Å². The topological polar surface area (TPSA) is 29.5 Å². The normalized spacial score (nSPS) is 23.2. The zero-order valence-corrected chi connectivity index (χ0v) is 9.89. The lowest BCUT2D eigenvalue weighted by molar-refractivity contribution is 0.166. The average molecular weight is 239 g/mol. The fraction of sp³-hybridized carbons (Fsp3) is 0.538. The Balaban J connectivity index is 2.21. The summed E-state index contributed by atoms with van der Waals surface area (Å²) in [5.74, 6) is 1.00. The Kier molecular flexibility index (Phi) is 2.56. The molecule has 1 N–H and O–H groups in total. The van der Waals surface area contributed by atoms with Gasteiger partial charge in [-0.15, -0.1) is 0 Å². The van der Waals surface area contributed by atoms with E-state index in [-0.39, 0.29) is 0 Å². The van der Waals surface area contributed by atoms with Gasteiger partial charge >= 0.3 is 0 Å². The van der Waals surface area contributed by atoms with Crippen LogP contribution in [-0.4, -0.2) is 11.7 Å². The van der Waals surface area contributed by atoms with Gasteiger partial charge in [0.25, 0.3) is 0 Å². The van der Waals surface area contributed by atoms with E-state index in [0.717, 1.165) is 55.6 Å². The van der Waals surface area contributed by atoms with Crippen LogP contribution in [0.15, 0.2) is 6.07 Å². The number of hydrogen-bond donors (Lipinski definition) is 1. The molecule has 0 amide bonds. The van der Waals surface area contributed by atoms with Crippen molar-refractivity contribution in [1.82, 2.24) is 0 Å². The third kappa shape index (κ3) is 1.52. The standard InChI is InChI=1S/C13H15ClO2/c14-10-7-8-5-6-16-13(8)9-3-1-2-4-11(15)12(9)10/h7,11,15H,1-6H2/t11-/m0/s1. The molecule has 1 atom stereocenters. The molecule has 2 nitrogen and oxygen atoms in total. The molecule has 2 aliphatic rings. The Hall–Kier alpha value is -0.730. The molecule has 1 aromatic rings. The van der Waals surface area contributed by atoms with Crippen molar-refractivity contribution >= 4 is 11.6 Å². The molecule has 1 aliphatic heterocycles. The molecule has 0 fully saturated rings. The number of aliphatic hydroxyl groups excluding tert-OH is 1. The SMILES string of the molecule is O[C@H]1CCCCc2c3c(cc(Cl)c21)CCO3. The predicted octanol–water partition coefficient (Wildman–Crippen LogP) is 3.03. The molecule has 0 saturated carbocycles. The van der Waals surface area contributed by atoms with Crippen molar-refractivity contribution in [2.24, 2.45) is 0 Å². The van der Waals surface area contributed by atoms with Crippen LogP contribution in [0.2, 0.25) is 5.02 Å². The maximum absolute atomic E-state index is 10.1. The fourth-order valence-corrected chi connectivity index (χ4v) is 3.15. The number of rotatable bonds is 0. The first kappa shape index (κ1) is 10.4. The van der Waals surface area contributed by atoms with E-state index in [0.29, 0.717) is 5.02 Å². The van der Waals surface area contributed by atoms with Gasteiger partial charge in [-0.1, -0.05) is 18.0 Å². The molecular weight excluding hydrogens is 224 g/mol. The van der Waals surface area contributed by atoms with E-state index in [4.69, 9.17) is 16.3 Å². The van der Waals surface area contributed by atoms with Crippen molar-refractivity contribution in [1.29, 1.82) is 0 Å². The molecular formula is C13H15ClO2. The molecule has 86 valence electrons. The lowest BCUT2D eigenvalue weighted by Crippen LogP contribution is -2.02. The summed E-state index contributed by atoms with van der Waals surface area (Å²) >= 11 is 6.28. The van der Waals surface area contributed by atoms with Gasteiger partial charge in [-0.25, -0.2) is 0 Å². The largest absolute Gasteiger partial charge is 0.493 e. The molecule has 1 heterocycles. The summed E-state index contributed by atoms with van der Waals surface area (Å²) in [6.45, 7) is 0.748. The lowest BCUT2D eigenvalue weighted by Gasteiger charge is -2.16. The zero-order valence-electron chi connectivity index (χ0n) is 9.13. The molecule has 0 saturated heterocycles. The number of ether oxygens (including phenoxy) is 1. The van der Waals surface area contributed by atoms with Crippen molar-refractivity contribution in [2.75, 3.05) is 6.61 Å². The van der Waals surface area contributed by atoms with Gasteiger partial charge in [0.05, 0.1) is 12.7 Å². The fourth-order valence-electron chi connectivity index (χ4n) is 2.78. The van der Waals surface area contributed by atoms with Crippen LogP contribution in [0.3, 0.4) is 0 Å². The van der Waals surface area contributed by atoms with E-state index in [9.17, 15) is 5.11 Å². The second kappa shape index (κ2) is 3.94. The van der Waals surface area contributed by atoms with Gasteiger partial charge in [0.15, 0.2) is 0 Å². The van der Waals surface area contributed by atoms with Crippen LogP contribution in [0.4, 0.5) is 0 Å². The van der Waals surface area contributed by atoms with E-state index in [1.165, 1.54) is 5.56 Å². The highest BCUT2D eigenvalue weighted by atomic mass is 35.5. The van der Waals surface area contributed by atoms with Crippen LogP contribution in [-0.2, 0) is 12.8 Å². The number of fused-ring (bicyclic) bond motifs is 3. The maximum Gasteiger partial charge on any atom is 0.126 e. The third-order valence-corrected chi connectivity index (χ3v) is 3.87.